The zero-order valence-electron chi connectivity index (χ0n) is 22.7. The van der Waals surface area contributed by atoms with Gasteiger partial charge in [0.25, 0.3) is 0 Å². The van der Waals surface area contributed by atoms with E-state index in [9.17, 15) is 71.2 Å². The van der Waals surface area contributed by atoms with Gasteiger partial charge in [-0.3, -0.25) is 0 Å². The van der Waals surface area contributed by atoms with E-state index in [0.29, 0.717) is 0 Å². The monoisotopic (exact) mass is 650 g/mol. The highest BCUT2D eigenvalue weighted by Gasteiger charge is 2.55. The van der Waals surface area contributed by atoms with Crippen LogP contribution in [0.1, 0.15) is 0 Å². The second-order valence-electron chi connectivity index (χ2n) is 10.7. The number of carboxylic acid groups (broad SMARTS) is 1. The highest BCUT2D eigenvalue weighted by molar-refractivity contribution is 5.73. The molecule has 0 aromatic rings. The van der Waals surface area contributed by atoms with Crippen LogP contribution in [-0.4, -0.2) is 209 Å². The molecule has 0 aliphatic carbocycles. The van der Waals surface area contributed by atoms with Crippen molar-refractivity contribution in [2.45, 2.75) is 117 Å². The molecule has 0 radical (unpaired) electrons. The molecule has 21 heteroatoms. The standard InChI is InChI=1S/C23H38O21/c24-1-5-8(28)17(13(33)22(39-5)41-15-4(26)3-38-20(37)12(15)32)43-23-14(34)16(7(27)6(2-25)40-23)42-21-11(31)9(29)10(30)18(44-21)19(35)36/h4-18,20-34,37H,1-3H2,(H,35,36)/t4-,5-,6-,7+,8+,9+,10+,11-,12-,13-,14-,15+,16+,17+,18+,20-,21-,22+,23+/m1/s1. The number of ether oxygens (including phenoxy) is 7. The Morgan fingerprint density at radius 2 is 1.02 bits per heavy atom. The lowest BCUT2D eigenvalue weighted by Gasteiger charge is -2.48. The summed E-state index contributed by atoms with van der Waals surface area (Å²) >= 11 is 0. The van der Waals surface area contributed by atoms with Crippen molar-refractivity contribution in [2.75, 3.05) is 19.8 Å². The summed E-state index contributed by atoms with van der Waals surface area (Å²) in [4.78, 5) is 11.4. The predicted octanol–water partition coefficient (Wildman–Crippen LogP) is -9.02. The van der Waals surface area contributed by atoms with Gasteiger partial charge in [0.05, 0.1) is 19.8 Å². The molecule has 0 spiro atoms. The minimum Gasteiger partial charge on any atom is -0.479 e. The lowest BCUT2D eigenvalue weighted by molar-refractivity contribution is -0.386. The SMILES string of the molecule is O=C(O)[C@H]1O[C@@H](O[C@H]2[C@@H](O)[C@@H](CO)O[C@@H](O[C@H]3[C@@H](O)[C@@H](CO)O[C@@H](O[C@@H]4[C@@H](O)[C@H](O)OC[C@H]4O)[C@@H]3O)[C@@H]2O)[C@H](O)[C@@H](O)[C@@H]1O. The van der Waals surface area contributed by atoms with Gasteiger partial charge in [0, 0.05) is 0 Å². The van der Waals surface area contributed by atoms with Gasteiger partial charge in [0.1, 0.15) is 85.5 Å². The van der Waals surface area contributed by atoms with Crippen LogP contribution in [0.15, 0.2) is 0 Å². The Labute approximate surface area is 247 Å². The maximum atomic E-state index is 11.4. The maximum Gasteiger partial charge on any atom is 0.335 e. The van der Waals surface area contributed by atoms with Gasteiger partial charge in [0.2, 0.25) is 0 Å². The number of hydrogen-bond donors (Lipinski definition) is 13. The van der Waals surface area contributed by atoms with Crippen molar-refractivity contribution in [1.82, 2.24) is 0 Å². The average Bonchev–Trinajstić information content (AvgIpc) is 2.99. The number of aliphatic carboxylic acids is 1. The van der Waals surface area contributed by atoms with Crippen molar-refractivity contribution in [3.63, 3.8) is 0 Å². The molecule has 4 saturated heterocycles. The average molecular weight is 651 g/mol. The first kappa shape index (κ1) is 35.6. The Balaban J connectivity index is 1.53. The van der Waals surface area contributed by atoms with E-state index in [-0.39, 0.29) is 0 Å². The summed E-state index contributed by atoms with van der Waals surface area (Å²) in [7, 11) is 0. The van der Waals surface area contributed by atoms with Crippen LogP contribution < -0.4 is 0 Å². The van der Waals surface area contributed by atoms with Gasteiger partial charge in [-0.1, -0.05) is 0 Å². The van der Waals surface area contributed by atoms with Crippen molar-refractivity contribution in [3.8, 4) is 0 Å². The van der Waals surface area contributed by atoms with Crippen molar-refractivity contribution >= 4 is 5.97 Å². The van der Waals surface area contributed by atoms with Gasteiger partial charge in [0.15, 0.2) is 31.3 Å². The van der Waals surface area contributed by atoms with Gasteiger partial charge >= 0.3 is 5.97 Å². The Kier molecular flexibility index (Phi) is 11.8. The Morgan fingerprint density at radius 3 is 1.48 bits per heavy atom. The van der Waals surface area contributed by atoms with Crippen molar-refractivity contribution in [1.29, 1.82) is 0 Å². The molecule has 256 valence electrons. The van der Waals surface area contributed by atoms with E-state index in [0.717, 1.165) is 0 Å². The molecule has 0 unspecified atom stereocenters. The van der Waals surface area contributed by atoms with Crippen LogP contribution in [0.3, 0.4) is 0 Å². The number of aliphatic hydroxyl groups is 12. The first-order valence-corrected chi connectivity index (χ1v) is 13.5. The summed E-state index contributed by atoms with van der Waals surface area (Å²) in [5.41, 5.74) is 0. The van der Waals surface area contributed by atoms with Crippen LogP contribution in [0.4, 0.5) is 0 Å². The van der Waals surface area contributed by atoms with Crippen LogP contribution in [0.5, 0.6) is 0 Å². The summed E-state index contributed by atoms with van der Waals surface area (Å²) in [6.45, 7) is -2.30. The number of aliphatic hydroxyl groups excluding tert-OH is 12. The fourth-order valence-electron chi connectivity index (χ4n) is 5.23. The third-order valence-corrected chi connectivity index (χ3v) is 7.78. The lowest BCUT2D eigenvalue weighted by Crippen LogP contribution is -2.67. The molecule has 4 heterocycles. The van der Waals surface area contributed by atoms with Crippen LogP contribution in [0, 0.1) is 0 Å². The van der Waals surface area contributed by atoms with E-state index < -0.39 is 143 Å². The number of carbonyl (C=O) groups is 1. The maximum absolute atomic E-state index is 11.4. The van der Waals surface area contributed by atoms with E-state index in [1.165, 1.54) is 0 Å². The summed E-state index contributed by atoms with van der Waals surface area (Å²) in [5, 5.41) is 132. The highest BCUT2D eigenvalue weighted by Crippen LogP contribution is 2.33. The molecular formula is C23H38O21. The highest BCUT2D eigenvalue weighted by atomic mass is 16.8. The molecule has 0 bridgehead atoms. The smallest absolute Gasteiger partial charge is 0.335 e. The normalized spacial score (nSPS) is 52.0. The minimum absolute atomic E-state index is 0.478. The molecule has 19 atom stereocenters. The van der Waals surface area contributed by atoms with Gasteiger partial charge < -0.3 is 99.5 Å². The summed E-state index contributed by atoms with van der Waals surface area (Å²) < 4.78 is 36.9. The molecule has 4 aliphatic heterocycles. The number of hydrogen-bond acceptors (Lipinski definition) is 20. The quantitative estimate of drug-likeness (QED) is 0.110. The van der Waals surface area contributed by atoms with E-state index in [1.54, 1.807) is 0 Å². The Hall–Kier alpha value is -1.29. The van der Waals surface area contributed by atoms with E-state index in [1.807, 2.05) is 0 Å². The first-order valence-electron chi connectivity index (χ1n) is 13.5. The molecule has 13 N–H and O–H groups in total. The Bertz CT molecular complexity index is 944. The molecular weight excluding hydrogens is 612 g/mol. The molecule has 4 aliphatic rings. The minimum atomic E-state index is -2.11. The molecule has 0 saturated carbocycles. The zero-order valence-corrected chi connectivity index (χ0v) is 22.7. The van der Waals surface area contributed by atoms with Crippen molar-refractivity contribution < 1.29 is 104 Å². The van der Waals surface area contributed by atoms with Crippen LogP contribution in [0.2, 0.25) is 0 Å². The number of rotatable bonds is 9. The van der Waals surface area contributed by atoms with Crippen molar-refractivity contribution in [3.05, 3.63) is 0 Å². The van der Waals surface area contributed by atoms with Gasteiger partial charge in [-0.25, -0.2) is 4.79 Å². The fourth-order valence-corrected chi connectivity index (χ4v) is 5.23. The van der Waals surface area contributed by atoms with Gasteiger partial charge in [-0.15, -0.1) is 0 Å². The van der Waals surface area contributed by atoms with Crippen LogP contribution >= 0.6 is 0 Å². The molecule has 0 amide bonds. The molecule has 0 aromatic carbocycles. The van der Waals surface area contributed by atoms with E-state index in [2.05, 4.69) is 0 Å². The second kappa shape index (κ2) is 14.6. The third kappa shape index (κ3) is 7.01. The second-order valence-corrected chi connectivity index (χ2v) is 10.7. The predicted molar refractivity (Wildman–Crippen MR) is 128 cm³/mol. The third-order valence-electron chi connectivity index (χ3n) is 7.78. The zero-order chi connectivity index (χ0) is 32.6. The lowest BCUT2D eigenvalue weighted by atomic mass is 9.95. The molecule has 21 nitrogen and oxygen atoms in total. The summed E-state index contributed by atoms with van der Waals surface area (Å²) in [5.74, 6) is -1.74. The van der Waals surface area contributed by atoms with Gasteiger partial charge in [-0.05, 0) is 0 Å². The van der Waals surface area contributed by atoms with Gasteiger partial charge in [-0.2, -0.15) is 0 Å². The Morgan fingerprint density at radius 1 is 0.568 bits per heavy atom. The van der Waals surface area contributed by atoms with Crippen LogP contribution in [-0.2, 0) is 38.0 Å². The summed E-state index contributed by atoms with van der Waals surface area (Å²) in [6, 6.07) is 0. The molecule has 4 rings (SSSR count). The van der Waals surface area contributed by atoms with Crippen molar-refractivity contribution in [2.24, 2.45) is 0 Å². The fraction of sp³-hybridized carbons (Fsp3) is 0.957. The summed E-state index contributed by atoms with van der Waals surface area (Å²) in [6.07, 6.45) is -35.8. The van der Waals surface area contributed by atoms with E-state index in [4.69, 9.17) is 33.2 Å². The largest absolute Gasteiger partial charge is 0.479 e. The molecule has 0 aromatic heterocycles. The van der Waals surface area contributed by atoms with E-state index >= 15 is 0 Å². The molecule has 4 fully saturated rings. The van der Waals surface area contributed by atoms with Crippen LogP contribution in [0.25, 0.3) is 0 Å². The molecule has 44 heavy (non-hydrogen) atoms. The topological polar surface area (TPSA) is 345 Å². The first-order chi connectivity index (χ1) is 20.7. The number of carboxylic acids is 1.